The van der Waals surface area contributed by atoms with Crippen molar-refractivity contribution < 1.29 is 0 Å². The van der Waals surface area contributed by atoms with Crippen LogP contribution in [0.3, 0.4) is 0 Å². The first-order valence-corrected chi connectivity index (χ1v) is 7.28. The highest BCUT2D eigenvalue weighted by atomic mass is 14.8. The van der Waals surface area contributed by atoms with Gasteiger partial charge in [0.2, 0.25) is 0 Å². The van der Waals surface area contributed by atoms with E-state index in [2.05, 4.69) is 63.0 Å². The molecule has 2 aromatic carbocycles. The molecule has 3 aromatic rings. The number of para-hydroxylation sites is 1. The summed E-state index contributed by atoms with van der Waals surface area (Å²) in [6, 6.07) is 14.7. The summed E-state index contributed by atoms with van der Waals surface area (Å²) in [5.41, 5.74) is 6.63. The van der Waals surface area contributed by atoms with Crippen LogP contribution >= 0.6 is 0 Å². The van der Waals surface area contributed by atoms with Gasteiger partial charge in [-0.15, -0.1) is 0 Å². The summed E-state index contributed by atoms with van der Waals surface area (Å²) in [4.78, 5) is 9.30. The lowest BCUT2D eigenvalue weighted by Gasteiger charge is -2.19. The summed E-state index contributed by atoms with van der Waals surface area (Å²) in [6.45, 7) is 8.73. The van der Waals surface area contributed by atoms with Crippen LogP contribution in [-0.2, 0) is 5.41 Å². The molecule has 0 N–H and O–H groups in total. The maximum Gasteiger partial charge on any atom is 0.0916 e. The van der Waals surface area contributed by atoms with E-state index in [1.807, 2.05) is 18.3 Å². The first-order chi connectivity index (χ1) is 9.95. The van der Waals surface area contributed by atoms with Gasteiger partial charge in [-0.25, -0.2) is 4.98 Å². The highest BCUT2D eigenvalue weighted by Crippen LogP contribution is 2.26. The average molecular weight is 276 g/mol. The van der Waals surface area contributed by atoms with Gasteiger partial charge in [-0.2, -0.15) is 0 Å². The Labute approximate surface area is 125 Å². The van der Waals surface area contributed by atoms with Crippen LogP contribution < -0.4 is 0 Å². The largest absolute Gasteiger partial charge is 0.252 e. The molecular formula is C19H20N2. The fourth-order valence-electron chi connectivity index (χ4n) is 2.47. The molecule has 0 amide bonds. The van der Waals surface area contributed by atoms with Crippen molar-refractivity contribution in [2.24, 2.45) is 0 Å². The van der Waals surface area contributed by atoms with Crippen LogP contribution in [0.5, 0.6) is 0 Å². The zero-order valence-corrected chi connectivity index (χ0v) is 13.0. The molecule has 3 rings (SSSR count). The highest BCUT2D eigenvalue weighted by Gasteiger charge is 2.13. The second-order valence-electron chi connectivity index (χ2n) is 6.53. The Morgan fingerprint density at radius 3 is 2.29 bits per heavy atom. The fraction of sp³-hybridized carbons (Fsp3) is 0.263. The van der Waals surface area contributed by atoms with Gasteiger partial charge in [-0.1, -0.05) is 57.2 Å². The molecule has 21 heavy (non-hydrogen) atoms. The van der Waals surface area contributed by atoms with Gasteiger partial charge in [-0.05, 0) is 29.5 Å². The third-order valence-electron chi connectivity index (χ3n) is 3.82. The van der Waals surface area contributed by atoms with Gasteiger partial charge in [0.1, 0.15) is 0 Å². The van der Waals surface area contributed by atoms with Crippen LogP contribution in [0.15, 0.2) is 48.7 Å². The molecule has 106 valence electrons. The third kappa shape index (κ3) is 2.66. The van der Waals surface area contributed by atoms with Crippen LogP contribution in [0, 0.1) is 6.92 Å². The van der Waals surface area contributed by atoms with E-state index >= 15 is 0 Å². The van der Waals surface area contributed by atoms with Gasteiger partial charge in [0.15, 0.2) is 0 Å². The second-order valence-corrected chi connectivity index (χ2v) is 6.53. The van der Waals surface area contributed by atoms with E-state index in [-0.39, 0.29) is 5.41 Å². The monoisotopic (exact) mass is 276 g/mol. The molecule has 0 fully saturated rings. The molecule has 0 bridgehead atoms. The van der Waals surface area contributed by atoms with Gasteiger partial charge in [0.25, 0.3) is 0 Å². The molecule has 0 saturated heterocycles. The maximum absolute atomic E-state index is 4.74. The molecule has 0 aliphatic carbocycles. The summed E-state index contributed by atoms with van der Waals surface area (Å²) < 4.78 is 0. The lowest BCUT2D eigenvalue weighted by atomic mass is 9.86. The van der Waals surface area contributed by atoms with Crippen LogP contribution in [0.1, 0.15) is 31.9 Å². The molecule has 2 nitrogen and oxygen atoms in total. The number of hydrogen-bond acceptors (Lipinski definition) is 2. The van der Waals surface area contributed by atoms with E-state index in [0.29, 0.717) is 0 Å². The molecule has 0 aliphatic heterocycles. The molecule has 0 unspecified atom stereocenters. The molecule has 2 heteroatoms. The zero-order valence-electron chi connectivity index (χ0n) is 13.0. The molecular weight excluding hydrogens is 256 g/mol. The zero-order chi connectivity index (χ0) is 15.0. The van der Waals surface area contributed by atoms with E-state index in [9.17, 15) is 0 Å². The average Bonchev–Trinajstić information content (AvgIpc) is 2.46. The summed E-state index contributed by atoms with van der Waals surface area (Å²) >= 11 is 0. The number of nitrogens with zero attached hydrogens (tertiary/aromatic N) is 2. The topological polar surface area (TPSA) is 25.8 Å². The van der Waals surface area contributed by atoms with E-state index in [0.717, 1.165) is 27.9 Å². The molecule has 0 aliphatic rings. The van der Waals surface area contributed by atoms with Crippen molar-refractivity contribution in [2.45, 2.75) is 33.1 Å². The number of aryl methyl sites for hydroxylation is 1. The summed E-state index contributed by atoms with van der Waals surface area (Å²) in [5, 5.41) is 0. The normalized spacial score (nSPS) is 11.8. The lowest BCUT2D eigenvalue weighted by Crippen LogP contribution is -2.10. The van der Waals surface area contributed by atoms with Gasteiger partial charge in [0, 0.05) is 5.56 Å². The molecule has 1 aromatic heterocycles. The van der Waals surface area contributed by atoms with Gasteiger partial charge >= 0.3 is 0 Å². The van der Waals surface area contributed by atoms with Crippen molar-refractivity contribution in [1.82, 2.24) is 9.97 Å². The minimum Gasteiger partial charge on any atom is -0.252 e. The number of hydrogen-bond donors (Lipinski definition) is 0. The van der Waals surface area contributed by atoms with Crippen LogP contribution in [0.25, 0.3) is 22.3 Å². The van der Waals surface area contributed by atoms with Crippen molar-refractivity contribution >= 4 is 11.0 Å². The molecule has 0 saturated carbocycles. The van der Waals surface area contributed by atoms with Crippen molar-refractivity contribution in [1.29, 1.82) is 0 Å². The van der Waals surface area contributed by atoms with Crippen molar-refractivity contribution in [3.05, 3.63) is 59.8 Å². The first kappa shape index (κ1) is 13.7. The SMILES string of the molecule is Cc1cccc2nc(-c3ccc(C(C)(C)C)cc3)cnc12. The summed E-state index contributed by atoms with van der Waals surface area (Å²) in [7, 11) is 0. The predicted molar refractivity (Wildman–Crippen MR) is 88.4 cm³/mol. The smallest absolute Gasteiger partial charge is 0.0916 e. The molecule has 0 spiro atoms. The van der Waals surface area contributed by atoms with Crippen molar-refractivity contribution in [3.8, 4) is 11.3 Å². The van der Waals surface area contributed by atoms with Crippen LogP contribution in [-0.4, -0.2) is 9.97 Å². The Balaban J connectivity index is 2.04. The van der Waals surface area contributed by atoms with Gasteiger partial charge < -0.3 is 0 Å². The number of rotatable bonds is 1. The second kappa shape index (κ2) is 4.96. The quantitative estimate of drug-likeness (QED) is 0.631. The Morgan fingerprint density at radius 2 is 1.62 bits per heavy atom. The summed E-state index contributed by atoms with van der Waals surface area (Å²) in [6.07, 6.45) is 1.86. The summed E-state index contributed by atoms with van der Waals surface area (Å²) in [5.74, 6) is 0. The van der Waals surface area contributed by atoms with Gasteiger partial charge in [-0.3, -0.25) is 4.98 Å². The molecule has 1 heterocycles. The minimum atomic E-state index is 0.171. The Bertz CT molecular complexity index is 781. The van der Waals surface area contributed by atoms with Crippen LogP contribution in [0.4, 0.5) is 0 Å². The standard InChI is InChI=1S/C19H20N2/c1-13-6-5-7-16-18(13)20-12-17(21-16)14-8-10-15(11-9-14)19(2,3)4/h5-12H,1-4H3. The van der Waals surface area contributed by atoms with Crippen LogP contribution in [0.2, 0.25) is 0 Å². The Morgan fingerprint density at radius 1 is 0.905 bits per heavy atom. The third-order valence-corrected chi connectivity index (χ3v) is 3.82. The van der Waals surface area contributed by atoms with E-state index < -0.39 is 0 Å². The first-order valence-electron chi connectivity index (χ1n) is 7.28. The molecule has 0 radical (unpaired) electrons. The fourth-order valence-corrected chi connectivity index (χ4v) is 2.47. The number of benzene rings is 2. The van der Waals surface area contributed by atoms with E-state index in [1.165, 1.54) is 5.56 Å². The molecule has 0 atom stereocenters. The highest BCUT2D eigenvalue weighted by molar-refractivity contribution is 5.79. The van der Waals surface area contributed by atoms with E-state index in [4.69, 9.17) is 4.98 Å². The maximum atomic E-state index is 4.74. The van der Waals surface area contributed by atoms with Crippen molar-refractivity contribution in [3.63, 3.8) is 0 Å². The van der Waals surface area contributed by atoms with Gasteiger partial charge in [0.05, 0.1) is 22.9 Å². The minimum absolute atomic E-state index is 0.171. The number of fused-ring (bicyclic) bond motifs is 1. The Hall–Kier alpha value is -2.22. The predicted octanol–water partition coefficient (Wildman–Crippen LogP) is 4.90. The van der Waals surface area contributed by atoms with Crippen molar-refractivity contribution in [2.75, 3.05) is 0 Å². The Kier molecular flexibility index (Phi) is 3.25. The lowest BCUT2D eigenvalue weighted by molar-refractivity contribution is 0.590. The van der Waals surface area contributed by atoms with E-state index in [1.54, 1.807) is 0 Å². The number of aromatic nitrogens is 2.